The summed E-state index contributed by atoms with van der Waals surface area (Å²) in [7, 11) is 0. The lowest BCUT2D eigenvalue weighted by atomic mass is 10.4. The SMILES string of the molecule is CCNc1nc(-c2ccc(Cl)s2)nc(N(CC)CC)n1. The predicted molar refractivity (Wildman–Crippen MR) is 85.9 cm³/mol. The Bertz CT molecular complexity index is 568. The smallest absolute Gasteiger partial charge is 0.230 e. The average Bonchev–Trinajstić information content (AvgIpc) is 2.87. The van der Waals surface area contributed by atoms with E-state index in [1.54, 1.807) is 0 Å². The summed E-state index contributed by atoms with van der Waals surface area (Å²) in [6.45, 7) is 8.67. The molecule has 0 aromatic carbocycles. The molecule has 7 heteroatoms. The van der Waals surface area contributed by atoms with Gasteiger partial charge in [0.05, 0.1) is 9.21 Å². The molecule has 0 aliphatic heterocycles. The summed E-state index contributed by atoms with van der Waals surface area (Å²) in [6.07, 6.45) is 0. The molecule has 0 radical (unpaired) electrons. The average molecular weight is 312 g/mol. The lowest BCUT2D eigenvalue weighted by Crippen LogP contribution is -2.25. The standard InChI is InChI=1S/C13H18ClN5S/c1-4-15-12-16-11(9-7-8-10(14)20-9)17-13(18-12)19(5-2)6-3/h7-8H,4-6H2,1-3H3,(H,15,16,17,18). The Balaban J connectivity index is 2.45. The molecule has 0 unspecified atom stereocenters. The van der Waals surface area contributed by atoms with Crippen LogP contribution in [0.4, 0.5) is 11.9 Å². The topological polar surface area (TPSA) is 53.9 Å². The molecule has 0 bridgehead atoms. The van der Waals surface area contributed by atoms with E-state index in [1.807, 2.05) is 19.1 Å². The zero-order chi connectivity index (χ0) is 14.5. The van der Waals surface area contributed by atoms with E-state index < -0.39 is 0 Å². The molecule has 0 spiro atoms. The zero-order valence-corrected chi connectivity index (χ0v) is 13.4. The van der Waals surface area contributed by atoms with Crippen LogP contribution < -0.4 is 10.2 Å². The van der Waals surface area contributed by atoms with Gasteiger partial charge in [0, 0.05) is 19.6 Å². The molecule has 0 aliphatic carbocycles. The third kappa shape index (κ3) is 3.37. The molecule has 2 aromatic heterocycles. The molecule has 5 nitrogen and oxygen atoms in total. The van der Waals surface area contributed by atoms with E-state index in [0.29, 0.717) is 17.7 Å². The van der Waals surface area contributed by atoms with Crippen LogP contribution in [0.25, 0.3) is 10.7 Å². The molecule has 2 heterocycles. The molecule has 0 fully saturated rings. The van der Waals surface area contributed by atoms with E-state index in [4.69, 9.17) is 11.6 Å². The summed E-state index contributed by atoms with van der Waals surface area (Å²) in [6, 6.07) is 3.79. The summed E-state index contributed by atoms with van der Waals surface area (Å²) < 4.78 is 0.731. The lowest BCUT2D eigenvalue weighted by Gasteiger charge is -2.19. The maximum atomic E-state index is 5.99. The highest BCUT2D eigenvalue weighted by molar-refractivity contribution is 7.19. The summed E-state index contributed by atoms with van der Waals surface area (Å²) >= 11 is 7.46. The number of anilines is 2. The van der Waals surface area contributed by atoms with Gasteiger partial charge in [-0.25, -0.2) is 0 Å². The predicted octanol–water partition coefficient (Wildman–Crippen LogP) is 3.53. The van der Waals surface area contributed by atoms with Gasteiger partial charge in [-0.05, 0) is 32.9 Å². The Kier molecular flexibility index (Phi) is 5.14. The highest BCUT2D eigenvalue weighted by atomic mass is 35.5. The first-order chi connectivity index (χ1) is 9.67. The van der Waals surface area contributed by atoms with Gasteiger partial charge < -0.3 is 10.2 Å². The molecule has 0 saturated carbocycles. The Hall–Kier alpha value is -1.40. The first-order valence-electron chi connectivity index (χ1n) is 6.68. The third-order valence-electron chi connectivity index (χ3n) is 2.80. The Morgan fingerprint density at radius 3 is 2.45 bits per heavy atom. The monoisotopic (exact) mass is 311 g/mol. The van der Waals surface area contributed by atoms with Gasteiger partial charge >= 0.3 is 0 Å². The van der Waals surface area contributed by atoms with Crippen molar-refractivity contribution in [3.63, 3.8) is 0 Å². The van der Waals surface area contributed by atoms with Gasteiger partial charge in [0.15, 0.2) is 5.82 Å². The molecule has 0 saturated heterocycles. The van der Waals surface area contributed by atoms with E-state index in [1.165, 1.54) is 11.3 Å². The second-order valence-electron chi connectivity index (χ2n) is 4.09. The van der Waals surface area contributed by atoms with Crippen LogP contribution in [0.2, 0.25) is 4.34 Å². The van der Waals surface area contributed by atoms with E-state index in [2.05, 4.69) is 39.0 Å². The highest BCUT2D eigenvalue weighted by Gasteiger charge is 2.13. The van der Waals surface area contributed by atoms with Gasteiger partial charge in [-0.2, -0.15) is 15.0 Å². The molecular weight excluding hydrogens is 294 g/mol. The minimum atomic E-state index is 0.601. The molecule has 108 valence electrons. The van der Waals surface area contributed by atoms with E-state index in [0.717, 1.165) is 28.8 Å². The van der Waals surface area contributed by atoms with E-state index in [-0.39, 0.29) is 0 Å². The van der Waals surface area contributed by atoms with Gasteiger partial charge in [-0.15, -0.1) is 11.3 Å². The van der Waals surface area contributed by atoms with Crippen LogP contribution in [-0.4, -0.2) is 34.6 Å². The van der Waals surface area contributed by atoms with Crippen molar-refractivity contribution in [2.24, 2.45) is 0 Å². The second-order valence-corrected chi connectivity index (χ2v) is 5.80. The number of rotatable bonds is 6. The summed E-state index contributed by atoms with van der Waals surface area (Å²) in [5.74, 6) is 1.96. The number of aromatic nitrogens is 3. The maximum absolute atomic E-state index is 5.99. The lowest BCUT2D eigenvalue weighted by molar-refractivity contribution is 0.814. The molecule has 2 aromatic rings. The number of halogens is 1. The minimum absolute atomic E-state index is 0.601. The van der Waals surface area contributed by atoms with Crippen LogP contribution in [0.5, 0.6) is 0 Å². The van der Waals surface area contributed by atoms with E-state index >= 15 is 0 Å². The normalized spacial score (nSPS) is 10.6. The molecule has 20 heavy (non-hydrogen) atoms. The minimum Gasteiger partial charge on any atom is -0.354 e. The molecule has 0 atom stereocenters. The number of nitrogens with zero attached hydrogens (tertiary/aromatic N) is 4. The van der Waals surface area contributed by atoms with Crippen molar-refractivity contribution >= 4 is 34.8 Å². The van der Waals surface area contributed by atoms with Gasteiger partial charge in [-0.1, -0.05) is 11.6 Å². The van der Waals surface area contributed by atoms with Crippen molar-refractivity contribution in [2.45, 2.75) is 20.8 Å². The first-order valence-corrected chi connectivity index (χ1v) is 7.87. The van der Waals surface area contributed by atoms with Crippen molar-refractivity contribution in [3.8, 4) is 10.7 Å². The molecule has 0 aliphatic rings. The zero-order valence-electron chi connectivity index (χ0n) is 11.9. The fourth-order valence-corrected chi connectivity index (χ4v) is 2.77. The van der Waals surface area contributed by atoms with Gasteiger partial charge in [-0.3, -0.25) is 0 Å². The Labute approximate surface area is 128 Å². The Morgan fingerprint density at radius 1 is 1.15 bits per heavy atom. The highest BCUT2D eigenvalue weighted by Crippen LogP contribution is 2.29. The van der Waals surface area contributed by atoms with Crippen LogP contribution in [0, 0.1) is 0 Å². The summed E-state index contributed by atoms with van der Waals surface area (Å²) in [5.41, 5.74) is 0. The molecule has 0 amide bonds. The van der Waals surface area contributed by atoms with Crippen molar-refractivity contribution < 1.29 is 0 Å². The van der Waals surface area contributed by atoms with E-state index in [9.17, 15) is 0 Å². The summed E-state index contributed by atoms with van der Waals surface area (Å²) in [4.78, 5) is 16.5. The quantitative estimate of drug-likeness (QED) is 0.884. The van der Waals surface area contributed by atoms with Crippen LogP contribution in [-0.2, 0) is 0 Å². The number of nitrogens with one attached hydrogen (secondary N) is 1. The number of thiophene rings is 1. The van der Waals surface area contributed by atoms with Gasteiger partial charge in [0.1, 0.15) is 0 Å². The second kappa shape index (κ2) is 6.85. The molecular formula is C13H18ClN5S. The molecule has 1 N–H and O–H groups in total. The molecule has 2 rings (SSSR count). The van der Waals surface area contributed by atoms with Crippen LogP contribution in [0.3, 0.4) is 0 Å². The summed E-state index contributed by atoms with van der Waals surface area (Å²) in [5, 5.41) is 3.15. The third-order valence-corrected chi connectivity index (χ3v) is 4.03. The van der Waals surface area contributed by atoms with Crippen molar-refractivity contribution in [1.29, 1.82) is 0 Å². The van der Waals surface area contributed by atoms with Crippen molar-refractivity contribution in [3.05, 3.63) is 16.5 Å². The fraction of sp³-hybridized carbons (Fsp3) is 0.462. The Morgan fingerprint density at radius 2 is 1.90 bits per heavy atom. The van der Waals surface area contributed by atoms with Crippen LogP contribution >= 0.6 is 22.9 Å². The van der Waals surface area contributed by atoms with Crippen molar-refractivity contribution in [2.75, 3.05) is 29.9 Å². The maximum Gasteiger partial charge on any atom is 0.230 e. The first kappa shape index (κ1) is 15.0. The number of hydrogen-bond donors (Lipinski definition) is 1. The van der Waals surface area contributed by atoms with Gasteiger partial charge in [0.2, 0.25) is 11.9 Å². The van der Waals surface area contributed by atoms with Crippen LogP contribution in [0.15, 0.2) is 12.1 Å². The van der Waals surface area contributed by atoms with Crippen molar-refractivity contribution in [1.82, 2.24) is 15.0 Å². The van der Waals surface area contributed by atoms with Crippen LogP contribution in [0.1, 0.15) is 20.8 Å². The number of hydrogen-bond acceptors (Lipinski definition) is 6. The largest absolute Gasteiger partial charge is 0.354 e. The fourth-order valence-electron chi connectivity index (χ4n) is 1.79. The van der Waals surface area contributed by atoms with Gasteiger partial charge in [0.25, 0.3) is 0 Å².